The Morgan fingerprint density at radius 2 is 2.00 bits per heavy atom. The van der Waals surface area contributed by atoms with E-state index in [-0.39, 0.29) is 22.1 Å². The summed E-state index contributed by atoms with van der Waals surface area (Å²) in [5.41, 5.74) is -0.124. The largest absolute Gasteiger partial charge is 0.349 e. The monoisotopic (exact) mass is 319 g/mol. The van der Waals surface area contributed by atoms with Gasteiger partial charge in [0.1, 0.15) is 5.82 Å². The third-order valence-electron chi connectivity index (χ3n) is 3.48. The van der Waals surface area contributed by atoms with Crippen molar-refractivity contribution < 1.29 is 17.6 Å². The lowest BCUT2D eigenvalue weighted by atomic mass is 9.82. The van der Waals surface area contributed by atoms with Crippen LogP contribution < -0.4 is 5.32 Å². The average Bonchev–Trinajstić information content (AvgIpc) is 2.24. The summed E-state index contributed by atoms with van der Waals surface area (Å²) < 4.78 is 36.6. The summed E-state index contributed by atoms with van der Waals surface area (Å²) >= 11 is 0. The summed E-state index contributed by atoms with van der Waals surface area (Å²) in [7, 11) is 1.26. The third-order valence-corrected chi connectivity index (χ3v) is 4.94. The summed E-state index contributed by atoms with van der Waals surface area (Å²) in [5.74, 6) is -0.820. The maximum Gasteiger partial charge on any atom is 0.261 e. The summed E-state index contributed by atoms with van der Waals surface area (Å²) in [4.78, 5) is 11.7. The molecule has 110 valence electrons. The van der Waals surface area contributed by atoms with Crippen LogP contribution >= 0.6 is 10.7 Å². The van der Waals surface area contributed by atoms with Gasteiger partial charge in [0.25, 0.3) is 15.0 Å². The molecule has 1 amide bonds. The third kappa shape index (κ3) is 3.12. The summed E-state index contributed by atoms with van der Waals surface area (Å²) in [6.45, 7) is 3.49. The van der Waals surface area contributed by atoms with Crippen LogP contribution in [0.4, 0.5) is 4.39 Å². The van der Waals surface area contributed by atoms with E-state index < -0.39 is 20.8 Å². The molecule has 1 aromatic rings. The Labute approximate surface area is 121 Å². The zero-order valence-corrected chi connectivity index (χ0v) is 12.7. The molecule has 1 saturated carbocycles. The molecule has 0 unspecified atom stereocenters. The van der Waals surface area contributed by atoms with Crippen LogP contribution in [0.25, 0.3) is 0 Å². The Kier molecular flexibility index (Phi) is 4.07. The molecule has 1 aromatic carbocycles. The van der Waals surface area contributed by atoms with Gasteiger partial charge in [-0.1, -0.05) is 6.92 Å². The molecule has 20 heavy (non-hydrogen) atoms. The van der Waals surface area contributed by atoms with Gasteiger partial charge >= 0.3 is 0 Å². The molecule has 0 saturated heterocycles. The Morgan fingerprint density at radius 1 is 1.40 bits per heavy atom. The molecular weight excluding hydrogens is 305 g/mol. The number of aryl methyl sites for hydroxylation is 1. The Hall–Kier alpha value is -1.14. The molecule has 1 aliphatic carbocycles. The molecule has 0 spiro atoms. The lowest BCUT2D eigenvalue weighted by Crippen LogP contribution is -2.43. The lowest BCUT2D eigenvalue weighted by Gasteiger charge is -2.33. The molecule has 2 rings (SSSR count). The van der Waals surface area contributed by atoms with Crippen molar-refractivity contribution in [2.75, 3.05) is 0 Å². The van der Waals surface area contributed by atoms with E-state index in [0.29, 0.717) is 5.92 Å². The number of carbonyl (C=O) groups is 1. The summed E-state index contributed by atoms with van der Waals surface area (Å²) in [6.07, 6.45) is 1.69. The van der Waals surface area contributed by atoms with Crippen molar-refractivity contribution in [1.82, 2.24) is 5.32 Å². The molecule has 0 aromatic heterocycles. The van der Waals surface area contributed by atoms with E-state index in [9.17, 15) is 17.6 Å². The molecule has 1 fully saturated rings. The fourth-order valence-corrected chi connectivity index (χ4v) is 3.57. The van der Waals surface area contributed by atoms with Crippen LogP contribution in [0.3, 0.4) is 0 Å². The van der Waals surface area contributed by atoms with E-state index in [2.05, 4.69) is 12.2 Å². The SMILES string of the molecule is Cc1cc(F)c(C(=O)NC2CC(C)C2)cc1S(=O)(=O)Cl. The lowest BCUT2D eigenvalue weighted by molar-refractivity contribution is 0.0891. The predicted octanol–water partition coefficient (Wildman–Crippen LogP) is 2.59. The van der Waals surface area contributed by atoms with Gasteiger partial charge in [-0.15, -0.1) is 0 Å². The molecule has 1 N–H and O–H groups in total. The van der Waals surface area contributed by atoms with Crippen molar-refractivity contribution in [3.8, 4) is 0 Å². The van der Waals surface area contributed by atoms with Gasteiger partial charge in [-0.25, -0.2) is 12.8 Å². The first-order valence-corrected chi connectivity index (χ1v) is 8.55. The van der Waals surface area contributed by atoms with Crippen LogP contribution in [0.15, 0.2) is 17.0 Å². The minimum Gasteiger partial charge on any atom is -0.349 e. The number of hydrogen-bond acceptors (Lipinski definition) is 3. The molecule has 0 bridgehead atoms. The molecule has 0 aliphatic heterocycles. The first kappa shape index (κ1) is 15.3. The van der Waals surface area contributed by atoms with E-state index >= 15 is 0 Å². The van der Waals surface area contributed by atoms with E-state index in [4.69, 9.17) is 10.7 Å². The summed E-state index contributed by atoms with van der Waals surface area (Å²) in [6, 6.07) is 2.02. The number of halogens is 2. The predicted molar refractivity (Wildman–Crippen MR) is 73.8 cm³/mol. The van der Waals surface area contributed by atoms with Crippen molar-refractivity contribution in [2.24, 2.45) is 5.92 Å². The van der Waals surface area contributed by atoms with Crippen LogP contribution in [0.5, 0.6) is 0 Å². The second kappa shape index (κ2) is 5.33. The first-order valence-electron chi connectivity index (χ1n) is 6.24. The molecule has 4 nitrogen and oxygen atoms in total. The van der Waals surface area contributed by atoms with Crippen molar-refractivity contribution in [2.45, 2.75) is 37.6 Å². The van der Waals surface area contributed by atoms with Gasteiger partial charge in [0.05, 0.1) is 10.5 Å². The number of benzene rings is 1. The van der Waals surface area contributed by atoms with Crippen molar-refractivity contribution in [3.63, 3.8) is 0 Å². The zero-order valence-electron chi connectivity index (χ0n) is 11.1. The maximum atomic E-state index is 13.8. The molecule has 7 heteroatoms. The molecule has 0 radical (unpaired) electrons. The normalized spacial score (nSPS) is 22.2. The zero-order chi connectivity index (χ0) is 15.1. The summed E-state index contributed by atoms with van der Waals surface area (Å²) in [5, 5.41) is 2.69. The average molecular weight is 320 g/mol. The van der Waals surface area contributed by atoms with Gasteiger partial charge in [-0.05, 0) is 43.4 Å². The van der Waals surface area contributed by atoms with Gasteiger partial charge < -0.3 is 5.32 Å². The van der Waals surface area contributed by atoms with Crippen LogP contribution in [0.2, 0.25) is 0 Å². The van der Waals surface area contributed by atoms with Crippen LogP contribution in [-0.4, -0.2) is 20.4 Å². The Morgan fingerprint density at radius 3 is 2.50 bits per heavy atom. The minimum absolute atomic E-state index is 0.0225. The molecular formula is C13H15ClFNO3S. The van der Waals surface area contributed by atoms with E-state index in [1.54, 1.807) is 0 Å². The van der Waals surface area contributed by atoms with E-state index in [1.807, 2.05) is 0 Å². The quantitative estimate of drug-likeness (QED) is 0.871. The minimum atomic E-state index is -4.01. The topological polar surface area (TPSA) is 63.2 Å². The van der Waals surface area contributed by atoms with Gasteiger partial charge in [0.15, 0.2) is 0 Å². The standard InChI is InChI=1S/C13H15ClFNO3S/c1-7-3-9(4-7)16-13(17)10-6-12(20(14,18)19)8(2)5-11(10)15/h5-7,9H,3-4H2,1-2H3,(H,16,17). The highest BCUT2D eigenvalue weighted by Crippen LogP contribution is 2.27. The number of rotatable bonds is 3. The van der Waals surface area contributed by atoms with E-state index in [1.165, 1.54) is 6.92 Å². The van der Waals surface area contributed by atoms with Crippen LogP contribution in [0, 0.1) is 18.7 Å². The number of hydrogen-bond donors (Lipinski definition) is 1. The second-order valence-corrected chi connectivity index (χ2v) is 7.82. The Bertz CT molecular complexity index is 654. The van der Waals surface area contributed by atoms with Gasteiger partial charge in [-0.2, -0.15) is 0 Å². The van der Waals surface area contributed by atoms with Crippen LogP contribution in [-0.2, 0) is 9.05 Å². The fourth-order valence-electron chi connectivity index (χ4n) is 2.37. The van der Waals surface area contributed by atoms with E-state index in [0.717, 1.165) is 25.0 Å². The maximum absolute atomic E-state index is 13.8. The number of amides is 1. The Balaban J connectivity index is 2.29. The van der Waals surface area contributed by atoms with Crippen molar-refractivity contribution in [1.29, 1.82) is 0 Å². The van der Waals surface area contributed by atoms with Gasteiger partial charge in [-0.3, -0.25) is 4.79 Å². The number of carbonyl (C=O) groups excluding carboxylic acids is 1. The van der Waals surface area contributed by atoms with Gasteiger partial charge in [0.2, 0.25) is 0 Å². The molecule has 0 heterocycles. The highest BCUT2D eigenvalue weighted by atomic mass is 35.7. The van der Waals surface area contributed by atoms with Gasteiger partial charge in [0, 0.05) is 16.7 Å². The molecule has 0 atom stereocenters. The fraction of sp³-hybridized carbons (Fsp3) is 0.462. The van der Waals surface area contributed by atoms with Crippen LogP contribution in [0.1, 0.15) is 35.7 Å². The van der Waals surface area contributed by atoms with Crippen molar-refractivity contribution in [3.05, 3.63) is 29.1 Å². The highest BCUT2D eigenvalue weighted by molar-refractivity contribution is 8.13. The van der Waals surface area contributed by atoms with Crippen molar-refractivity contribution >= 4 is 25.6 Å². The number of nitrogens with one attached hydrogen (secondary N) is 1. The highest BCUT2D eigenvalue weighted by Gasteiger charge is 2.28. The molecule has 1 aliphatic rings. The first-order chi connectivity index (χ1) is 9.18. The second-order valence-electron chi connectivity index (χ2n) is 5.28. The smallest absolute Gasteiger partial charge is 0.261 e.